The Hall–Kier alpha value is -2.07. The first-order valence-electron chi connectivity index (χ1n) is 7.99. The van der Waals surface area contributed by atoms with Gasteiger partial charge in [0.25, 0.3) is 5.91 Å². The summed E-state index contributed by atoms with van der Waals surface area (Å²) in [6.45, 7) is 5.69. The van der Waals surface area contributed by atoms with E-state index in [-0.39, 0.29) is 11.5 Å². The Morgan fingerprint density at radius 1 is 1.38 bits per heavy atom. The molecule has 3 N–H and O–H groups in total. The summed E-state index contributed by atoms with van der Waals surface area (Å²) < 4.78 is 0. The molecule has 0 unspecified atom stereocenters. The van der Waals surface area contributed by atoms with Crippen molar-refractivity contribution in [2.24, 2.45) is 0 Å². The van der Waals surface area contributed by atoms with Crippen molar-refractivity contribution < 1.29 is 4.79 Å². The maximum Gasteiger partial charge on any atom is 0.263 e. The Balaban J connectivity index is 1.76. The maximum atomic E-state index is 12.0. The van der Waals surface area contributed by atoms with E-state index in [0.29, 0.717) is 18.1 Å². The molecule has 0 aromatic heterocycles. The first kappa shape index (κ1) is 18.3. The van der Waals surface area contributed by atoms with Gasteiger partial charge in [-0.15, -0.1) is 0 Å². The first-order chi connectivity index (χ1) is 11.7. The number of nitrogens with zero attached hydrogens (tertiary/aromatic N) is 2. The number of nitriles is 1. The zero-order valence-corrected chi connectivity index (χ0v) is 14.3. The highest BCUT2D eigenvalue weighted by Gasteiger charge is 2.11. The van der Waals surface area contributed by atoms with Gasteiger partial charge in [0.1, 0.15) is 11.6 Å². The fourth-order valence-electron chi connectivity index (χ4n) is 2.41. The number of benzene rings is 1. The van der Waals surface area contributed by atoms with Crippen LogP contribution in [0.2, 0.25) is 5.02 Å². The van der Waals surface area contributed by atoms with Gasteiger partial charge in [0.15, 0.2) is 0 Å². The molecule has 1 aliphatic heterocycles. The Morgan fingerprint density at radius 2 is 2.12 bits per heavy atom. The molecule has 7 heteroatoms. The van der Waals surface area contributed by atoms with E-state index in [1.807, 2.05) is 24.3 Å². The zero-order chi connectivity index (χ0) is 17.2. The third-order valence-corrected chi connectivity index (χ3v) is 4.15. The van der Waals surface area contributed by atoms with Crippen molar-refractivity contribution >= 4 is 17.5 Å². The molecule has 0 bridgehead atoms. The molecule has 1 aromatic carbocycles. The van der Waals surface area contributed by atoms with Gasteiger partial charge in [-0.3, -0.25) is 9.69 Å². The Morgan fingerprint density at radius 3 is 2.83 bits per heavy atom. The summed E-state index contributed by atoms with van der Waals surface area (Å²) in [7, 11) is 0. The van der Waals surface area contributed by atoms with Crippen LogP contribution < -0.4 is 16.0 Å². The summed E-state index contributed by atoms with van der Waals surface area (Å²) in [5.41, 5.74) is 0.967. The van der Waals surface area contributed by atoms with Gasteiger partial charge in [-0.05, 0) is 11.6 Å². The minimum Gasteiger partial charge on any atom is -0.386 e. The molecule has 1 heterocycles. The minimum atomic E-state index is -0.362. The third kappa shape index (κ3) is 5.85. The van der Waals surface area contributed by atoms with Crippen molar-refractivity contribution in [3.8, 4) is 6.07 Å². The predicted octanol–water partition coefficient (Wildman–Crippen LogP) is 0.858. The summed E-state index contributed by atoms with van der Waals surface area (Å²) in [5.74, 6) is -0.362. The van der Waals surface area contributed by atoms with Crippen molar-refractivity contribution in [3.05, 3.63) is 46.6 Å². The summed E-state index contributed by atoms with van der Waals surface area (Å²) in [6, 6.07) is 9.36. The summed E-state index contributed by atoms with van der Waals surface area (Å²) in [6.07, 6.45) is 1.43. The summed E-state index contributed by atoms with van der Waals surface area (Å²) in [5, 5.41) is 18.8. The van der Waals surface area contributed by atoms with Crippen molar-refractivity contribution in [2.45, 2.75) is 6.54 Å². The van der Waals surface area contributed by atoms with E-state index in [1.165, 1.54) is 6.20 Å². The van der Waals surface area contributed by atoms with Crippen LogP contribution in [0.1, 0.15) is 5.56 Å². The molecule has 2 rings (SSSR count). The number of nitrogens with one attached hydrogen (secondary N) is 3. The number of rotatable bonds is 7. The lowest BCUT2D eigenvalue weighted by atomic mass is 10.2. The Bertz CT molecular complexity index is 620. The van der Waals surface area contributed by atoms with Crippen LogP contribution in [0.4, 0.5) is 0 Å². The molecule has 6 nitrogen and oxygen atoms in total. The fourth-order valence-corrected chi connectivity index (χ4v) is 2.61. The number of halogens is 1. The topological polar surface area (TPSA) is 80.2 Å². The van der Waals surface area contributed by atoms with Crippen LogP contribution in [0.15, 0.2) is 36.0 Å². The number of piperazine rings is 1. The van der Waals surface area contributed by atoms with Crippen molar-refractivity contribution in [3.63, 3.8) is 0 Å². The maximum absolute atomic E-state index is 12.0. The van der Waals surface area contributed by atoms with Gasteiger partial charge in [-0.2, -0.15) is 5.26 Å². The molecule has 1 aromatic rings. The van der Waals surface area contributed by atoms with Gasteiger partial charge in [-0.1, -0.05) is 29.8 Å². The molecule has 0 saturated carbocycles. The molecule has 0 atom stereocenters. The normalized spacial score (nSPS) is 15.6. The van der Waals surface area contributed by atoms with Crippen LogP contribution in [0.25, 0.3) is 0 Å². The highest BCUT2D eigenvalue weighted by Crippen LogP contribution is 2.14. The number of carbonyl (C=O) groups excluding carboxylic acids is 1. The second-order valence-corrected chi connectivity index (χ2v) is 5.90. The smallest absolute Gasteiger partial charge is 0.263 e. The largest absolute Gasteiger partial charge is 0.386 e. The van der Waals surface area contributed by atoms with Crippen molar-refractivity contribution in [1.29, 1.82) is 5.26 Å². The highest BCUT2D eigenvalue weighted by molar-refractivity contribution is 6.31. The second kappa shape index (κ2) is 9.93. The van der Waals surface area contributed by atoms with Crippen LogP contribution in [0.5, 0.6) is 0 Å². The summed E-state index contributed by atoms with van der Waals surface area (Å²) in [4.78, 5) is 14.3. The Labute approximate surface area is 147 Å². The molecular formula is C17H22ClN5O. The van der Waals surface area contributed by atoms with E-state index in [0.717, 1.165) is 38.3 Å². The molecule has 0 radical (unpaired) electrons. The average molecular weight is 348 g/mol. The van der Waals surface area contributed by atoms with Gasteiger partial charge in [-0.25, -0.2) is 0 Å². The number of carbonyl (C=O) groups is 1. The SMILES string of the molecule is N#C/C(=C/NCc1ccccc1Cl)C(=O)NCCN1CCNCC1. The van der Waals surface area contributed by atoms with Crippen LogP contribution >= 0.6 is 11.6 Å². The van der Waals surface area contributed by atoms with E-state index in [9.17, 15) is 4.79 Å². The lowest BCUT2D eigenvalue weighted by Gasteiger charge is -2.27. The molecule has 1 saturated heterocycles. The first-order valence-corrected chi connectivity index (χ1v) is 8.37. The van der Waals surface area contributed by atoms with Gasteiger partial charge in [0, 0.05) is 57.0 Å². The standard InChI is InChI=1S/C17H22ClN5O/c18-16-4-2-1-3-14(16)12-21-13-15(11-19)17(24)22-7-10-23-8-5-20-6-9-23/h1-4,13,20-21H,5-10,12H2,(H,22,24)/b15-13-. The molecule has 24 heavy (non-hydrogen) atoms. The van der Waals surface area contributed by atoms with Crippen molar-refractivity contribution in [1.82, 2.24) is 20.9 Å². The van der Waals surface area contributed by atoms with E-state index in [2.05, 4.69) is 20.9 Å². The predicted molar refractivity (Wildman–Crippen MR) is 94.3 cm³/mol. The van der Waals surface area contributed by atoms with E-state index in [4.69, 9.17) is 16.9 Å². The summed E-state index contributed by atoms with van der Waals surface area (Å²) >= 11 is 6.06. The molecule has 1 amide bonds. The van der Waals surface area contributed by atoms with E-state index >= 15 is 0 Å². The monoisotopic (exact) mass is 347 g/mol. The van der Waals surface area contributed by atoms with Crippen LogP contribution in [0.3, 0.4) is 0 Å². The van der Waals surface area contributed by atoms with Crippen LogP contribution in [0, 0.1) is 11.3 Å². The zero-order valence-electron chi connectivity index (χ0n) is 13.5. The van der Waals surface area contributed by atoms with Gasteiger partial charge >= 0.3 is 0 Å². The number of amides is 1. The molecule has 0 spiro atoms. The molecule has 1 aliphatic rings. The minimum absolute atomic E-state index is 0.0577. The lowest BCUT2D eigenvalue weighted by molar-refractivity contribution is -0.117. The molecule has 0 aliphatic carbocycles. The molecule has 1 fully saturated rings. The van der Waals surface area contributed by atoms with Crippen LogP contribution in [-0.4, -0.2) is 50.1 Å². The lowest BCUT2D eigenvalue weighted by Crippen LogP contribution is -2.46. The van der Waals surface area contributed by atoms with Gasteiger partial charge in [0.2, 0.25) is 0 Å². The second-order valence-electron chi connectivity index (χ2n) is 5.49. The number of hydrogen-bond acceptors (Lipinski definition) is 5. The molecular weight excluding hydrogens is 326 g/mol. The quantitative estimate of drug-likeness (QED) is 0.503. The van der Waals surface area contributed by atoms with Crippen LogP contribution in [-0.2, 0) is 11.3 Å². The average Bonchev–Trinajstić information content (AvgIpc) is 2.61. The fraction of sp³-hybridized carbons (Fsp3) is 0.412. The van der Waals surface area contributed by atoms with E-state index in [1.54, 1.807) is 6.07 Å². The van der Waals surface area contributed by atoms with Gasteiger partial charge < -0.3 is 16.0 Å². The Kier molecular flexibility index (Phi) is 7.56. The van der Waals surface area contributed by atoms with Crippen molar-refractivity contribution in [2.75, 3.05) is 39.3 Å². The number of hydrogen-bond donors (Lipinski definition) is 3. The van der Waals surface area contributed by atoms with Gasteiger partial charge in [0.05, 0.1) is 0 Å². The third-order valence-electron chi connectivity index (χ3n) is 3.79. The van der Waals surface area contributed by atoms with E-state index < -0.39 is 0 Å². The molecule has 128 valence electrons. The highest BCUT2D eigenvalue weighted by atomic mass is 35.5.